The third kappa shape index (κ3) is 5.96. The molecule has 3 aromatic carbocycles. The molecule has 6 heteroatoms. The van der Waals surface area contributed by atoms with Gasteiger partial charge in [-0.3, -0.25) is 4.79 Å². The first-order chi connectivity index (χ1) is 17.6. The van der Waals surface area contributed by atoms with Crippen LogP contribution in [0.3, 0.4) is 0 Å². The van der Waals surface area contributed by atoms with Crippen molar-refractivity contribution in [3.63, 3.8) is 0 Å². The lowest BCUT2D eigenvalue weighted by atomic mass is 10.0. The van der Waals surface area contributed by atoms with E-state index in [0.29, 0.717) is 17.1 Å². The number of hydrogen-bond acceptors (Lipinski definition) is 6. The van der Waals surface area contributed by atoms with Crippen molar-refractivity contribution in [2.24, 2.45) is 0 Å². The molecule has 172 valence electrons. The van der Waals surface area contributed by atoms with E-state index < -0.39 is 5.97 Å². The number of allylic oxidation sites excluding steroid dienone is 1. The zero-order chi connectivity index (χ0) is 25.3. The summed E-state index contributed by atoms with van der Waals surface area (Å²) in [5.74, 6) is 5.90. The molecule has 0 radical (unpaired) electrons. The second-order valence-corrected chi connectivity index (χ2v) is 7.62. The number of hydrogen-bond donors (Lipinski definition) is 0. The Kier molecular flexibility index (Phi) is 7.41. The second kappa shape index (κ2) is 11.2. The highest BCUT2D eigenvalue weighted by Crippen LogP contribution is 2.23. The van der Waals surface area contributed by atoms with E-state index in [1.807, 2.05) is 48.5 Å². The molecule has 36 heavy (non-hydrogen) atoms. The number of benzene rings is 3. The smallest absolute Gasteiger partial charge is 0.346 e. The summed E-state index contributed by atoms with van der Waals surface area (Å²) in [4.78, 5) is 32.3. The molecule has 0 fully saturated rings. The number of rotatable bonds is 6. The van der Waals surface area contributed by atoms with E-state index in [1.54, 1.807) is 24.3 Å². The van der Waals surface area contributed by atoms with Gasteiger partial charge in [-0.1, -0.05) is 42.7 Å². The van der Waals surface area contributed by atoms with Gasteiger partial charge >= 0.3 is 5.97 Å². The van der Waals surface area contributed by atoms with Gasteiger partial charge in [-0.2, -0.15) is 5.26 Å². The molecule has 0 N–H and O–H groups in total. The minimum Gasteiger partial charge on any atom is -0.423 e. The number of nitriles is 1. The standard InChI is InChI=1S/C30H19N3O3/c1-2-27(34)5-3-4-21-6-12-25(13-7-21)29-32-19-26(20-33-29)30(35)36-28-16-14-24(15-17-28)23-10-8-22(18-31)9-11-23/h2,6-17,19-20H,1,5H2. The predicted octanol–water partition coefficient (Wildman–Crippen LogP) is 5.40. The van der Waals surface area contributed by atoms with E-state index in [2.05, 4.69) is 34.5 Å². The highest BCUT2D eigenvalue weighted by Gasteiger charge is 2.11. The third-order valence-electron chi connectivity index (χ3n) is 5.17. The van der Waals surface area contributed by atoms with Crippen LogP contribution in [0, 0.1) is 23.2 Å². The van der Waals surface area contributed by atoms with Gasteiger partial charge in [-0.05, 0) is 65.7 Å². The van der Waals surface area contributed by atoms with Crippen molar-refractivity contribution < 1.29 is 14.3 Å². The number of aromatic nitrogens is 2. The second-order valence-electron chi connectivity index (χ2n) is 7.62. The van der Waals surface area contributed by atoms with Crippen LogP contribution < -0.4 is 4.74 Å². The Morgan fingerprint density at radius 3 is 1.97 bits per heavy atom. The molecule has 0 amide bonds. The van der Waals surface area contributed by atoms with Gasteiger partial charge in [0.1, 0.15) is 5.75 Å². The van der Waals surface area contributed by atoms with Gasteiger partial charge < -0.3 is 4.74 Å². The summed E-state index contributed by atoms with van der Waals surface area (Å²) in [6.07, 6.45) is 4.23. The molecule has 0 spiro atoms. The van der Waals surface area contributed by atoms with Crippen LogP contribution in [-0.2, 0) is 4.79 Å². The molecule has 4 rings (SSSR count). The van der Waals surface area contributed by atoms with Crippen LogP contribution in [-0.4, -0.2) is 21.7 Å². The lowest BCUT2D eigenvalue weighted by Crippen LogP contribution is -2.09. The molecule has 0 aliphatic carbocycles. The molecule has 0 atom stereocenters. The first kappa shape index (κ1) is 23.8. The van der Waals surface area contributed by atoms with E-state index in [9.17, 15) is 9.59 Å². The van der Waals surface area contributed by atoms with Crippen LogP contribution in [0.5, 0.6) is 5.75 Å². The minimum absolute atomic E-state index is 0.119. The van der Waals surface area contributed by atoms with Crippen LogP contribution in [0.4, 0.5) is 0 Å². The van der Waals surface area contributed by atoms with E-state index in [4.69, 9.17) is 10.00 Å². The van der Waals surface area contributed by atoms with Gasteiger partial charge in [0, 0.05) is 23.5 Å². The molecule has 0 aliphatic rings. The molecule has 0 aliphatic heterocycles. The maximum atomic E-state index is 12.5. The Hall–Kier alpha value is -5.33. The Balaban J connectivity index is 1.38. The molecule has 1 aromatic heterocycles. The largest absolute Gasteiger partial charge is 0.423 e. The molecular formula is C30H19N3O3. The molecular weight excluding hydrogens is 450 g/mol. The third-order valence-corrected chi connectivity index (χ3v) is 5.17. The van der Waals surface area contributed by atoms with Crippen LogP contribution in [0.25, 0.3) is 22.5 Å². The molecule has 0 saturated heterocycles. The van der Waals surface area contributed by atoms with Gasteiger partial charge in [0.25, 0.3) is 0 Å². The monoisotopic (exact) mass is 469 g/mol. The Morgan fingerprint density at radius 1 is 0.833 bits per heavy atom. The van der Waals surface area contributed by atoms with Crippen molar-refractivity contribution in [1.82, 2.24) is 9.97 Å². The number of esters is 1. The number of ketones is 1. The topological polar surface area (TPSA) is 92.9 Å². The first-order valence-electron chi connectivity index (χ1n) is 10.9. The number of ether oxygens (including phenoxy) is 1. The number of carbonyl (C=O) groups is 2. The summed E-state index contributed by atoms with van der Waals surface area (Å²) in [7, 11) is 0. The van der Waals surface area contributed by atoms with Crippen LogP contribution in [0.2, 0.25) is 0 Å². The van der Waals surface area contributed by atoms with Gasteiger partial charge in [-0.15, -0.1) is 0 Å². The summed E-state index contributed by atoms with van der Waals surface area (Å²) in [6, 6.07) is 23.7. The van der Waals surface area contributed by atoms with Crippen LogP contribution >= 0.6 is 0 Å². The number of carbonyl (C=O) groups excluding carboxylic acids is 2. The highest BCUT2D eigenvalue weighted by molar-refractivity contribution is 5.91. The zero-order valence-electron chi connectivity index (χ0n) is 19.1. The molecule has 6 nitrogen and oxygen atoms in total. The molecule has 0 unspecified atom stereocenters. The van der Waals surface area contributed by atoms with E-state index in [0.717, 1.165) is 22.3 Å². The van der Waals surface area contributed by atoms with Gasteiger partial charge in [0.2, 0.25) is 0 Å². The summed E-state index contributed by atoms with van der Waals surface area (Å²) in [5, 5.41) is 8.92. The fourth-order valence-electron chi connectivity index (χ4n) is 3.21. The van der Waals surface area contributed by atoms with Crippen LogP contribution in [0.15, 0.2) is 97.8 Å². The summed E-state index contributed by atoms with van der Waals surface area (Å²) >= 11 is 0. The van der Waals surface area contributed by atoms with Crippen molar-refractivity contribution >= 4 is 11.8 Å². The fraction of sp³-hybridized carbons (Fsp3) is 0.0333. The quantitative estimate of drug-likeness (QED) is 0.163. The normalized spacial score (nSPS) is 9.86. The lowest BCUT2D eigenvalue weighted by molar-refractivity contribution is -0.113. The molecule has 0 saturated carbocycles. The van der Waals surface area contributed by atoms with Crippen molar-refractivity contribution in [1.29, 1.82) is 5.26 Å². The molecule has 0 bridgehead atoms. The van der Waals surface area contributed by atoms with Crippen molar-refractivity contribution in [2.75, 3.05) is 0 Å². The van der Waals surface area contributed by atoms with E-state index in [-0.39, 0.29) is 17.8 Å². The average molecular weight is 470 g/mol. The highest BCUT2D eigenvalue weighted by atomic mass is 16.5. The Morgan fingerprint density at radius 2 is 1.39 bits per heavy atom. The van der Waals surface area contributed by atoms with Gasteiger partial charge in [0.05, 0.1) is 23.6 Å². The van der Waals surface area contributed by atoms with Crippen molar-refractivity contribution in [2.45, 2.75) is 6.42 Å². The van der Waals surface area contributed by atoms with Crippen molar-refractivity contribution in [3.8, 4) is 46.2 Å². The maximum Gasteiger partial charge on any atom is 0.346 e. The number of nitrogens with zero attached hydrogens (tertiary/aromatic N) is 3. The van der Waals surface area contributed by atoms with E-state index >= 15 is 0 Å². The zero-order valence-corrected chi connectivity index (χ0v) is 19.1. The summed E-state index contributed by atoms with van der Waals surface area (Å²) in [5.41, 5.74) is 4.25. The summed E-state index contributed by atoms with van der Waals surface area (Å²) in [6.45, 7) is 3.42. The van der Waals surface area contributed by atoms with Crippen molar-refractivity contribution in [3.05, 3.63) is 115 Å². The SMILES string of the molecule is C=CC(=O)CC#Cc1ccc(-c2ncc(C(=O)Oc3ccc(-c4ccc(C#N)cc4)cc3)cn2)cc1. The van der Waals surface area contributed by atoms with Gasteiger partial charge in [-0.25, -0.2) is 14.8 Å². The van der Waals surface area contributed by atoms with Gasteiger partial charge in [0.15, 0.2) is 11.6 Å². The maximum absolute atomic E-state index is 12.5. The Labute approximate surface area is 208 Å². The first-order valence-corrected chi connectivity index (χ1v) is 10.9. The predicted molar refractivity (Wildman–Crippen MR) is 136 cm³/mol. The van der Waals surface area contributed by atoms with Crippen LogP contribution in [0.1, 0.15) is 27.9 Å². The van der Waals surface area contributed by atoms with E-state index in [1.165, 1.54) is 18.5 Å². The minimum atomic E-state index is -0.563. The molecule has 1 heterocycles. The lowest BCUT2D eigenvalue weighted by Gasteiger charge is -2.07. The summed E-state index contributed by atoms with van der Waals surface area (Å²) < 4.78 is 5.44. The fourth-order valence-corrected chi connectivity index (χ4v) is 3.21. The average Bonchev–Trinajstić information content (AvgIpc) is 2.94. The molecule has 4 aromatic rings. The Bertz CT molecular complexity index is 1500.